The lowest BCUT2D eigenvalue weighted by atomic mass is 10.3. The van der Waals surface area contributed by atoms with Crippen LogP contribution in [0.15, 0.2) is 18.2 Å². The zero-order valence-corrected chi connectivity index (χ0v) is 13.8. The van der Waals surface area contributed by atoms with Gasteiger partial charge in [0.15, 0.2) is 6.61 Å². The standard InChI is InChI=1S/C15H20Cl2N2O3/c16-12-2-3-13(17)14(10-12)22-11-15(20)18-4-1-5-19-6-8-21-9-7-19/h2-3,10H,1,4-9,11H2,(H,18,20). The van der Waals surface area contributed by atoms with Gasteiger partial charge < -0.3 is 14.8 Å². The highest BCUT2D eigenvalue weighted by atomic mass is 35.5. The predicted octanol–water partition coefficient (Wildman–Crippen LogP) is 2.21. The van der Waals surface area contributed by atoms with E-state index in [1.807, 2.05) is 0 Å². The normalized spacial score (nSPS) is 15.5. The van der Waals surface area contributed by atoms with Crippen LogP contribution in [0.2, 0.25) is 10.0 Å². The zero-order valence-electron chi connectivity index (χ0n) is 12.3. The van der Waals surface area contributed by atoms with Gasteiger partial charge in [0.1, 0.15) is 5.75 Å². The van der Waals surface area contributed by atoms with Crippen LogP contribution in [0.5, 0.6) is 5.75 Å². The van der Waals surface area contributed by atoms with Gasteiger partial charge in [-0.3, -0.25) is 9.69 Å². The van der Waals surface area contributed by atoms with Crippen molar-refractivity contribution in [2.75, 3.05) is 46.0 Å². The fraction of sp³-hybridized carbons (Fsp3) is 0.533. The summed E-state index contributed by atoms with van der Waals surface area (Å²) in [6.07, 6.45) is 0.906. The molecule has 1 saturated heterocycles. The van der Waals surface area contributed by atoms with Crippen LogP contribution in [-0.4, -0.2) is 56.8 Å². The van der Waals surface area contributed by atoms with Gasteiger partial charge in [0, 0.05) is 30.7 Å². The average molecular weight is 347 g/mol. The number of amides is 1. The van der Waals surface area contributed by atoms with Gasteiger partial charge in [0.05, 0.1) is 18.2 Å². The van der Waals surface area contributed by atoms with Crippen LogP contribution < -0.4 is 10.1 Å². The lowest BCUT2D eigenvalue weighted by Gasteiger charge is -2.26. The van der Waals surface area contributed by atoms with Crippen LogP contribution in [0, 0.1) is 0 Å². The van der Waals surface area contributed by atoms with Crippen molar-refractivity contribution < 1.29 is 14.3 Å². The minimum absolute atomic E-state index is 0.0718. The Labute approximate surface area is 140 Å². The summed E-state index contributed by atoms with van der Waals surface area (Å²) >= 11 is 11.8. The van der Waals surface area contributed by atoms with Crippen molar-refractivity contribution in [3.63, 3.8) is 0 Å². The monoisotopic (exact) mass is 346 g/mol. The molecule has 0 saturated carbocycles. The van der Waals surface area contributed by atoms with E-state index >= 15 is 0 Å². The Bertz CT molecular complexity index is 494. The maximum atomic E-state index is 11.7. The van der Waals surface area contributed by atoms with Gasteiger partial charge in [-0.15, -0.1) is 0 Å². The van der Waals surface area contributed by atoms with Gasteiger partial charge in [-0.25, -0.2) is 0 Å². The van der Waals surface area contributed by atoms with Crippen molar-refractivity contribution in [3.05, 3.63) is 28.2 Å². The quantitative estimate of drug-likeness (QED) is 0.769. The van der Waals surface area contributed by atoms with E-state index in [0.29, 0.717) is 22.3 Å². The summed E-state index contributed by atoms with van der Waals surface area (Å²) in [5.41, 5.74) is 0. The molecule has 1 aromatic carbocycles. The number of nitrogens with one attached hydrogen (secondary N) is 1. The average Bonchev–Trinajstić information content (AvgIpc) is 2.53. The number of ether oxygens (including phenoxy) is 2. The Morgan fingerprint density at radius 3 is 2.86 bits per heavy atom. The summed E-state index contributed by atoms with van der Waals surface area (Å²) in [6.45, 7) is 5.03. The van der Waals surface area contributed by atoms with Gasteiger partial charge in [0.2, 0.25) is 0 Å². The first-order valence-electron chi connectivity index (χ1n) is 7.30. The van der Waals surface area contributed by atoms with Crippen LogP contribution >= 0.6 is 23.2 Å². The molecule has 5 nitrogen and oxygen atoms in total. The fourth-order valence-corrected chi connectivity index (χ4v) is 2.47. The third-order valence-corrected chi connectivity index (χ3v) is 3.88. The number of carbonyl (C=O) groups excluding carboxylic acids is 1. The van der Waals surface area contributed by atoms with Crippen LogP contribution in [0.4, 0.5) is 0 Å². The first-order valence-corrected chi connectivity index (χ1v) is 8.05. The molecule has 0 spiro atoms. The molecule has 1 N–H and O–H groups in total. The van der Waals surface area contributed by atoms with Crippen molar-refractivity contribution in [2.45, 2.75) is 6.42 Å². The summed E-state index contributed by atoms with van der Waals surface area (Å²) in [4.78, 5) is 14.0. The van der Waals surface area contributed by atoms with Crippen LogP contribution in [0.3, 0.4) is 0 Å². The van der Waals surface area contributed by atoms with Crippen molar-refractivity contribution >= 4 is 29.1 Å². The van der Waals surface area contributed by atoms with Gasteiger partial charge >= 0.3 is 0 Å². The van der Waals surface area contributed by atoms with Crippen molar-refractivity contribution in [1.82, 2.24) is 10.2 Å². The third-order valence-electron chi connectivity index (χ3n) is 3.33. The summed E-state index contributed by atoms with van der Waals surface area (Å²) in [5.74, 6) is 0.246. The Kier molecular flexibility index (Phi) is 7.25. The molecule has 0 aliphatic carbocycles. The van der Waals surface area contributed by atoms with Gasteiger partial charge in [0.25, 0.3) is 5.91 Å². The van der Waals surface area contributed by atoms with E-state index in [0.717, 1.165) is 39.3 Å². The van der Waals surface area contributed by atoms with E-state index in [4.69, 9.17) is 32.7 Å². The predicted molar refractivity (Wildman–Crippen MR) is 86.8 cm³/mol. The number of nitrogens with zero attached hydrogens (tertiary/aromatic N) is 1. The molecule has 1 aliphatic rings. The lowest BCUT2D eigenvalue weighted by Crippen LogP contribution is -2.38. The molecule has 0 unspecified atom stereocenters. The minimum atomic E-state index is -0.169. The smallest absolute Gasteiger partial charge is 0.257 e. The van der Waals surface area contributed by atoms with E-state index in [9.17, 15) is 4.79 Å². The summed E-state index contributed by atoms with van der Waals surface area (Å²) in [6, 6.07) is 4.90. The summed E-state index contributed by atoms with van der Waals surface area (Å²) < 4.78 is 10.7. The van der Waals surface area contributed by atoms with E-state index in [1.54, 1.807) is 18.2 Å². The topological polar surface area (TPSA) is 50.8 Å². The van der Waals surface area contributed by atoms with Crippen molar-refractivity contribution in [3.8, 4) is 5.75 Å². The molecule has 1 fully saturated rings. The molecule has 0 radical (unpaired) electrons. The van der Waals surface area contributed by atoms with Crippen LogP contribution in [0.1, 0.15) is 6.42 Å². The number of morpholine rings is 1. The zero-order chi connectivity index (χ0) is 15.8. The molecule has 0 atom stereocenters. The first-order chi connectivity index (χ1) is 10.6. The first kappa shape index (κ1) is 17.3. The Balaban J connectivity index is 1.60. The molecule has 0 aromatic heterocycles. The summed E-state index contributed by atoms with van der Waals surface area (Å²) in [7, 11) is 0. The molecule has 1 amide bonds. The number of carbonyl (C=O) groups is 1. The van der Waals surface area contributed by atoms with Gasteiger partial charge in [-0.1, -0.05) is 23.2 Å². The molecule has 1 aliphatic heterocycles. The SMILES string of the molecule is O=C(COc1cc(Cl)ccc1Cl)NCCCN1CCOCC1. The molecule has 22 heavy (non-hydrogen) atoms. The van der Waals surface area contributed by atoms with E-state index < -0.39 is 0 Å². The molecule has 122 valence electrons. The molecule has 2 rings (SSSR count). The largest absolute Gasteiger partial charge is 0.482 e. The highest BCUT2D eigenvalue weighted by Crippen LogP contribution is 2.27. The second-order valence-corrected chi connectivity index (χ2v) is 5.86. The molecule has 1 heterocycles. The van der Waals surface area contributed by atoms with Crippen LogP contribution in [0.25, 0.3) is 0 Å². The Morgan fingerprint density at radius 2 is 2.09 bits per heavy atom. The maximum absolute atomic E-state index is 11.7. The summed E-state index contributed by atoms with van der Waals surface area (Å²) in [5, 5.41) is 3.78. The molecule has 0 bridgehead atoms. The van der Waals surface area contributed by atoms with Gasteiger partial charge in [-0.05, 0) is 25.1 Å². The van der Waals surface area contributed by atoms with Crippen LogP contribution in [-0.2, 0) is 9.53 Å². The number of hydrogen-bond donors (Lipinski definition) is 1. The number of hydrogen-bond acceptors (Lipinski definition) is 4. The van der Waals surface area contributed by atoms with Crippen molar-refractivity contribution in [2.24, 2.45) is 0 Å². The van der Waals surface area contributed by atoms with E-state index in [2.05, 4.69) is 10.2 Å². The van der Waals surface area contributed by atoms with Crippen molar-refractivity contribution in [1.29, 1.82) is 0 Å². The number of benzene rings is 1. The third kappa shape index (κ3) is 6.01. The van der Waals surface area contributed by atoms with E-state index in [-0.39, 0.29) is 12.5 Å². The molecular formula is C15H20Cl2N2O3. The number of halogens is 2. The second kappa shape index (κ2) is 9.20. The van der Waals surface area contributed by atoms with Gasteiger partial charge in [-0.2, -0.15) is 0 Å². The fourth-order valence-electron chi connectivity index (χ4n) is 2.14. The molecular weight excluding hydrogens is 327 g/mol. The highest BCUT2D eigenvalue weighted by Gasteiger charge is 2.10. The molecule has 7 heteroatoms. The Hall–Kier alpha value is -1.01. The molecule has 1 aromatic rings. The highest BCUT2D eigenvalue weighted by molar-refractivity contribution is 6.34. The Morgan fingerprint density at radius 1 is 1.32 bits per heavy atom. The second-order valence-electron chi connectivity index (χ2n) is 5.02. The lowest BCUT2D eigenvalue weighted by molar-refractivity contribution is -0.123. The minimum Gasteiger partial charge on any atom is -0.482 e. The number of rotatable bonds is 7. The van der Waals surface area contributed by atoms with E-state index in [1.165, 1.54) is 0 Å². The maximum Gasteiger partial charge on any atom is 0.257 e.